The quantitative estimate of drug-likeness (QED) is 0.298. The molecule has 0 aromatic heterocycles. The summed E-state index contributed by atoms with van der Waals surface area (Å²) >= 11 is 0. The Labute approximate surface area is 243 Å². The number of sulfonamides is 1. The van der Waals surface area contributed by atoms with Crippen LogP contribution in [-0.4, -0.2) is 57.5 Å². The summed E-state index contributed by atoms with van der Waals surface area (Å²) < 4.78 is 40.2. The first kappa shape index (κ1) is 31.5. The zero-order chi connectivity index (χ0) is 30.0. The van der Waals surface area contributed by atoms with Crippen molar-refractivity contribution in [3.63, 3.8) is 0 Å². The second-order valence-corrected chi connectivity index (χ2v) is 11.5. The highest BCUT2D eigenvalue weighted by atomic mass is 32.2. The van der Waals surface area contributed by atoms with Crippen molar-refractivity contribution in [1.82, 2.24) is 10.2 Å². The molecule has 0 fully saturated rings. The van der Waals surface area contributed by atoms with Gasteiger partial charge in [0.25, 0.3) is 10.0 Å². The second-order valence-electron chi connectivity index (χ2n) is 9.69. The van der Waals surface area contributed by atoms with E-state index in [1.165, 1.54) is 17.0 Å². The number of methoxy groups -OCH3 is 1. The Bertz CT molecular complexity index is 1410. The minimum Gasteiger partial charge on any atom is -0.497 e. The normalized spacial score (nSPS) is 12.0. The Morgan fingerprint density at radius 2 is 1.61 bits per heavy atom. The molecule has 3 rings (SSSR count). The van der Waals surface area contributed by atoms with Crippen LogP contribution in [0.1, 0.15) is 39.7 Å². The van der Waals surface area contributed by atoms with E-state index in [0.717, 1.165) is 9.87 Å². The van der Waals surface area contributed by atoms with E-state index >= 15 is 0 Å². The first-order valence-electron chi connectivity index (χ1n) is 13.6. The van der Waals surface area contributed by atoms with Crippen molar-refractivity contribution in [1.29, 1.82) is 0 Å². The van der Waals surface area contributed by atoms with E-state index in [-0.39, 0.29) is 29.1 Å². The average Bonchev–Trinajstić information content (AvgIpc) is 2.96. The number of carbonyl (C=O) groups is 2. The van der Waals surface area contributed by atoms with Gasteiger partial charge in [-0.1, -0.05) is 49.4 Å². The largest absolute Gasteiger partial charge is 0.497 e. The topological polar surface area (TPSA) is 105 Å². The molecule has 0 saturated carbocycles. The Kier molecular flexibility index (Phi) is 11.2. The summed E-state index contributed by atoms with van der Waals surface area (Å²) in [6.07, 6.45) is 0.329. The molecule has 10 heteroatoms. The van der Waals surface area contributed by atoms with E-state index in [1.807, 2.05) is 26.8 Å². The molecule has 0 aliphatic heterocycles. The fourth-order valence-corrected chi connectivity index (χ4v) is 5.89. The minimum absolute atomic E-state index is 0.0306. The highest BCUT2D eigenvalue weighted by Crippen LogP contribution is 2.33. The van der Waals surface area contributed by atoms with Gasteiger partial charge in [0.1, 0.15) is 24.1 Å². The number of para-hydroxylation sites is 2. The lowest BCUT2D eigenvalue weighted by atomic mass is 10.1. The molecule has 0 aliphatic carbocycles. The number of nitrogens with zero attached hydrogens (tertiary/aromatic N) is 2. The standard InChI is InChI=1S/C31H39N3O6S/c1-6-27(31(36)32-23(3)4)33(21-24-14-13-15-25(20-24)39-5)30(35)22-34(28-18-11-12-19-29(28)40-7-2)41(37,38)26-16-9-8-10-17-26/h8-20,23,27H,6-7,21-22H2,1-5H3,(H,32,36)/t27-/m1/s1. The highest BCUT2D eigenvalue weighted by molar-refractivity contribution is 7.92. The van der Waals surface area contributed by atoms with Gasteiger partial charge in [0.15, 0.2) is 0 Å². The van der Waals surface area contributed by atoms with Gasteiger partial charge in [-0.3, -0.25) is 13.9 Å². The predicted molar refractivity (Wildman–Crippen MR) is 159 cm³/mol. The molecule has 3 aromatic rings. The van der Waals surface area contributed by atoms with Crippen molar-refractivity contribution in [2.75, 3.05) is 24.6 Å². The van der Waals surface area contributed by atoms with Crippen LogP contribution in [0.5, 0.6) is 11.5 Å². The lowest BCUT2D eigenvalue weighted by Crippen LogP contribution is -2.53. The third-order valence-electron chi connectivity index (χ3n) is 6.35. The van der Waals surface area contributed by atoms with Gasteiger partial charge in [-0.25, -0.2) is 8.42 Å². The van der Waals surface area contributed by atoms with Gasteiger partial charge >= 0.3 is 0 Å². The van der Waals surface area contributed by atoms with Gasteiger partial charge in [0.05, 0.1) is 24.3 Å². The van der Waals surface area contributed by atoms with Crippen LogP contribution >= 0.6 is 0 Å². The number of ether oxygens (including phenoxy) is 2. The van der Waals surface area contributed by atoms with Crippen molar-refractivity contribution in [3.8, 4) is 11.5 Å². The summed E-state index contributed by atoms with van der Waals surface area (Å²) in [6, 6.07) is 20.9. The van der Waals surface area contributed by atoms with E-state index in [1.54, 1.807) is 74.7 Å². The van der Waals surface area contributed by atoms with Crippen molar-refractivity contribution in [2.24, 2.45) is 0 Å². The third kappa shape index (κ3) is 8.00. The molecule has 1 atom stereocenters. The minimum atomic E-state index is -4.19. The van der Waals surface area contributed by atoms with Crippen LogP contribution in [0.15, 0.2) is 83.8 Å². The molecule has 0 unspecified atom stereocenters. The van der Waals surface area contributed by atoms with Gasteiger partial charge < -0.3 is 19.7 Å². The monoisotopic (exact) mass is 581 g/mol. The van der Waals surface area contributed by atoms with Gasteiger partial charge in [-0.05, 0) is 69.2 Å². The number of carbonyl (C=O) groups excluding carboxylic acids is 2. The number of anilines is 1. The van der Waals surface area contributed by atoms with Gasteiger partial charge in [-0.15, -0.1) is 0 Å². The van der Waals surface area contributed by atoms with Gasteiger partial charge in [-0.2, -0.15) is 0 Å². The Morgan fingerprint density at radius 1 is 0.927 bits per heavy atom. The van der Waals surface area contributed by atoms with Crippen LogP contribution in [0, 0.1) is 0 Å². The molecule has 220 valence electrons. The summed E-state index contributed by atoms with van der Waals surface area (Å²) in [5, 5.41) is 2.90. The van der Waals surface area contributed by atoms with Crippen molar-refractivity contribution in [2.45, 2.75) is 57.6 Å². The number of rotatable bonds is 14. The lowest BCUT2D eigenvalue weighted by molar-refractivity contribution is -0.140. The third-order valence-corrected chi connectivity index (χ3v) is 8.12. The molecular formula is C31H39N3O6S. The highest BCUT2D eigenvalue weighted by Gasteiger charge is 2.34. The molecule has 0 saturated heterocycles. The summed E-state index contributed by atoms with van der Waals surface area (Å²) in [5.41, 5.74) is 0.966. The molecule has 9 nitrogen and oxygen atoms in total. The average molecular weight is 582 g/mol. The molecule has 1 N–H and O–H groups in total. The molecular weight excluding hydrogens is 542 g/mol. The molecule has 0 heterocycles. The van der Waals surface area contributed by atoms with Crippen molar-refractivity contribution < 1.29 is 27.5 Å². The van der Waals surface area contributed by atoms with E-state index in [9.17, 15) is 18.0 Å². The number of amides is 2. The zero-order valence-corrected chi connectivity index (χ0v) is 25.1. The number of hydrogen-bond acceptors (Lipinski definition) is 6. The fraction of sp³-hybridized carbons (Fsp3) is 0.355. The maximum atomic E-state index is 14.2. The van der Waals surface area contributed by atoms with Crippen molar-refractivity contribution in [3.05, 3.63) is 84.4 Å². The SMILES string of the molecule is CCOc1ccccc1N(CC(=O)N(Cc1cccc(OC)c1)[C@H](CC)C(=O)NC(C)C)S(=O)(=O)c1ccccc1. The van der Waals surface area contributed by atoms with E-state index in [2.05, 4.69) is 5.32 Å². The molecule has 0 radical (unpaired) electrons. The van der Waals surface area contributed by atoms with Crippen LogP contribution < -0.4 is 19.1 Å². The number of hydrogen-bond donors (Lipinski definition) is 1. The smallest absolute Gasteiger partial charge is 0.264 e. The Hall–Kier alpha value is -4.05. The predicted octanol–water partition coefficient (Wildman–Crippen LogP) is 4.62. The molecule has 2 amide bonds. The van der Waals surface area contributed by atoms with Crippen molar-refractivity contribution >= 4 is 27.5 Å². The maximum absolute atomic E-state index is 14.2. The van der Waals surface area contributed by atoms with Crippen LogP contribution in [0.3, 0.4) is 0 Å². The van der Waals surface area contributed by atoms with Crippen LogP contribution in [0.2, 0.25) is 0 Å². The molecule has 41 heavy (non-hydrogen) atoms. The van der Waals surface area contributed by atoms with E-state index in [0.29, 0.717) is 24.5 Å². The first-order chi connectivity index (χ1) is 19.6. The maximum Gasteiger partial charge on any atom is 0.264 e. The Balaban J connectivity index is 2.11. The van der Waals surface area contributed by atoms with Gasteiger partial charge in [0.2, 0.25) is 11.8 Å². The Morgan fingerprint density at radius 3 is 2.24 bits per heavy atom. The van der Waals surface area contributed by atoms with Crippen LogP contribution in [-0.2, 0) is 26.2 Å². The summed E-state index contributed by atoms with van der Waals surface area (Å²) in [5.74, 6) is 0.0788. The fourth-order valence-electron chi connectivity index (χ4n) is 4.44. The number of nitrogens with one attached hydrogen (secondary N) is 1. The van der Waals surface area contributed by atoms with E-state index < -0.39 is 28.5 Å². The first-order valence-corrected chi connectivity index (χ1v) is 15.1. The van der Waals surface area contributed by atoms with E-state index in [4.69, 9.17) is 9.47 Å². The number of benzene rings is 3. The molecule has 0 bridgehead atoms. The lowest BCUT2D eigenvalue weighted by Gasteiger charge is -2.34. The molecule has 0 aliphatic rings. The molecule has 3 aromatic carbocycles. The van der Waals surface area contributed by atoms with Gasteiger partial charge in [0, 0.05) is 12.6 Å². The summed E-state index contributed by atoms with van der Waals surface area (Å²) in [6.45, 7) is 7.14. The second kappa shape index (κ2) is 14.5. The summed E-state index contributed by atoms with van der Waals surface area (Å²) in [4.78, 5) is 28.9. The zero-order valence-electron chi connectivity index (χ0n) is 24.2. The van der Waals surface area contributed by atoms with Crippen LogP contribution in [0.25, 0.3) is 0 Å². The molecule has 0 spiro atoms. The summed E-state index contributed by atoms with van der Waals surface area (Å²) in [7, 11) is -2.64. The van der Waals surface area contributed by atoms with Crippen LogP contribution in [0.4, 0.5) is 5.69 Å².